The largest absolute Gasteiger partial charge is 0.497 e. The molecule has 0 saturated carbocycles. The van der Waals surface area contributed by atoms with Crippen LogP contribution < -0.4 is 14.4 Å². The highest BCUT2D eigenvalue weighted by Gasteiger charge is 2.33. The normalized spacial score (nSPS) is 17.1. The number of nitrogens with one attached hydrogen (secondary N) is 1. The van der Waals surface area contributed by atoms with Crippen molar-refractivity contribution >= 4 is 27.3 Å². The molecule has 1 aliphatic rings. The summed E-state index contributed by atoms with van der Waals surface area (Å²) in [5.41, 5.74) is 0.422. The van der Waals surface area contributed by atoms with Crippen LogP contribution in [-0.2, 0) is 14.8 Å². The van der Waals surface area contributed by atoms with Crippen molar-refractivity contribution in [3.8, 4) is 5.75 Å². The Kier molecular flexibility index (Phi) is 5.10. The Morgan fingerprint density at radius 1 is 1.22 bits per heavy atom. The molecule has 0 unspecified atom stereocenters. The molecule has 0 radical (unpaired) electrons. The predicted molar refractivity (Wildman–Crippen MR) is 97.2 cm³/mol. The standard InChI is InChI=1S/C17H17N3O6S/c1-26-15-4-2-3-14(10-15)19-11-12(9-17(19)21)18-27(24,25)16-7-5-13(6-8-16)20(22)23/h2-8,10,12,18H,9,11H2,1H3/t12-/m0/s1. The van der Waals surface area contributed by atoms with Crippen molar-refractivity contribution in [3.05, 3.63) is 58.6 Å². The van der Waals surface area contributed by atoms with E-state index in [2.05, 4.69) is 4.72 Å². The molecular weight excluding hydrogens is 374 g/mol. The summed E-state index contributed by atoms with van der Waals surface area (Å²) in [5, 5.41) is 10.7. The summed E-state index contributed by atoms with van der Waals surface area (Å²) < 4.78 is 32.6. The zero-order valence-electron chi connectivity index (χ0n) is 14.4. The van der Waals surface area contributed by atoms with E-state index >= 15 is 0 Å². The molecule has 1 saturated heterocycles. The van der Waals surface area contributed by atoms with E-state index in [9.17, 15) is 23.3 Å². The number of carbonyl (C=O) groups excluding carboxylic acids is 1. The number of hydrogen-bond acceptors (Lipinski definition) is 6. The Balaban J connectivity index is 1.74. The van der Waals surface area contributed by atoms with Gasteiger partial charge in [-0.15, -0.1) is 0 Å². The minimum absolute atomic E-state index is 0.0173. The van der Waals surface area contributed by atoms with Gasteiger partial charge in [-0.25, -0.2) is 13.1 Å². The molecule has 142 valence electrons. The molecule has 0 aliphatic carbocycles. The van der Waals surface area contributed by atoms with Gasteiger partial charge in [0.1, 0.15) is 5.75 Å². The van der Waals surface area contributed by atoms with Crippen LogP contribution >= 0.6 is 0 Å². The average Bonchev–Trinajstić information content (AvgIpc) is 3.01. The molecule has 1 heterocycles. The highest BCUT2D eigenvalue weighted by molar-refractivity contribution is 7.89. The number of nitro benzene ring substituents is 1. The lowest BCUT2D eigenvalue weighted by Gasteiger charge is -2.18. The van der Waals surface area contributed by atoms with Crippen LogP contribution in [0.4, 0.5) is 11.4 Å². The molecule has 1 N–H and O–H groups in total. The second kappa shape index (κ2) is 7.33. The molecule has 1 fully saturated rings. The number of nitro groups is 1. The summed E-state index contributed by atoms with van der Waals surface area (Å²) in [7, 11) is -2.38. The summed E-state index contributed by atoms with van der Waals surface area (Å²) >= 11 is 0. The maximum atomic E-state index is 12.5. The third-order valence-corrected chi connectivity index (χ3v) is 5.71. The zero-order valence-corrected chi connectivity index (χ0v) is 15.2. The molecule has 1 atom stereocenters. The number of non-ortho nitro benzene ring substituents is 1. The summed E-state index contributed by atoms with van der Waals surface area (Å²) in [6, 6.07) is 10.9. The molecule has 0 spiro atoms. The van der Waals surface area contributed by atoms with Gasteiger partial charge in [-0.05, 0) is 24.3 Å². The van der Waals surface area contributed by atoms with Crippen molar-refractivity contribution in [1.82, 2.24) is 4.72 Å². The van der Waals surface area contributed by atoms with Gasteiger partial charge in [0.2, 0.25) is 15.9 Å². The maximum Gasteiger partial charge on any atom is 0.269 e. The number of amides is 1. The Bertz CT molecular complexity index is 974. The van der Waals surface area contributed by atoms with Crippen molar-refractivity contribution in [2.45, 2.75) is 17.4 Å². The van der Waals surface area contributed by atoms with Gasteiger partial charge in [0.05, 0.1) is 16.9 Å². The highest BCUT2D eigenvalue weighted by atomic mass is 32.2. The fourth-order valence-electron chi connectivity index (χ4n) is 2.85. The molecule has 0 aromatic heterocycles. The van der Waals surface area contributed by atoms with E-state index in [1.54, 1.807) is 24.3 Å². The fraction of sp³-hybridized carbons (Fsp3) is 0.235. The van der Waals surface area contributed by atoms with Gasteiger partial charge in [-0.3, -0.25) is 14.9 Å². The maximum absolute atomic E-state index is 12.5. The average molecular weight is 391 g/mol. The number of nitrogens with zero attached hydrogens (tertiary/aromatic N) is 2. The molecule has 2 aromatic carbocycles. The van der Waals surface area contributed by atoms with Crippen LogP contribution in [0.3, 0.4) is 0 Å². The Labute approximate surface area is 155 Å². The lowest BCUT2D eigenvalue weighted by Crippen LogP contribution is -2.37. The first-order valence-electron chi connectivity index (χ1n) is 8.01. The molecule has 1 aliphatic heterocycles. The quantitative estimate of drug-likeness (QED) is 0.591. The summed E-state index contributed by atoms with van der Waals surface area (Å²) in [4.78, 5) is 23.8. The summed E-state index contributed by atoms with van der Waals surface area (Å²) in [5.74, 6) is 0.384. The Morgan fingerprint density at radius 2 is 1.93 bits per heavy atom. The van der Waals surface area contributed by atoms with Crippen LogP contribution in [-0.4, -0.2) is 38.9 Å². The molecule has 1 amide bonds. The number of benzene rings is 2. The zero-order chi connectivity index (χ0) is 19.6. The second-order valence-electron chi connectivity index (χ2n) is 5.98. The molecule has 0 bridgehead atoms. The van der Waals surface area contributed by atoms with E-state index in [-0.39, 0.29) is 29.5 Å². The number of carbonyl (C=O) groups is 1. The predicted octanol–water partition coefficient (Wildman–Crippen LogP) is 1.69. The molecule has 10 heteroatoms. The minimum atomic E-state index is -3.90. The summed E-state index contributed by atoms with van der Waals surface area (Å²) in [6.07, 6.45) is 0.0173. The van der Waals surface area contributed by atoms with Gasteiger partial charge in [0, 0.05) is 42.9 Å². The van der Waals surface area contributed by atoms with Gasteiger partial charge in [0.25, 0.3) is 5.69 Å². The third-order valence-electron chi connectivity index (χ3n) is 4.17. The van der Waals surface area contributed by atoms with E-state index in [0.717, 1.165) is 24.3 Å². The summed E-state index contributed by atoms with van der Waals surface area (Å²) in [6.45, 7) is 0.179. The number of sulfonamides is 1. The smallest absolute Gasteiger partial charge is 0.269 e. The fourth-order valence-corrected chi connectivity index (χ4v) is 4.08. The number of ether oxygens (including phenoxy) is 1. The van der Waals surface area contributed by atoms with Crippen LogP contribution in [0.1, 0.15) is 6.42 Å². The number of anilines is 1. The first-order chi connectivity index (χ1) is 12.8. The van der Waals surface area contributed by atoms with E-state index in [0.29, 0.717) is 11.4 Å². The van der Waals surface area contributed by atoms with E-state index in [1.165, 1.54) is 12.0 Å². The van der Waals surface area contributed by atoms with Crippen molar-refractivity contribution in [1.29, 1.82) is 0 Å². The SMILES string of the molecule is COc1cccc(N2C[C@@H](NS(=O)(=O)c3ccc([N+](=O)[O-])cc3)CC2=O)c1. The van der Waals surface area contributed by atoms with Gasteiger partial charge < -0.3 is 9.64 Å². The third kappa shape index (κ3) is 4.07. The van der Waals surface area contributed by atoms with Crippen LogP contribution in [0.2, 0.25) is 0 Å². The van der Waals surface area contributed by atoms with Gasteiger partial charge in [-0.2, -0.15) is 0 Å². The van der Waals surface area contributed by atoms with E-state index in [4.69, 9.17) is 4.74 Å². The van der Waals surface area contributed by atoms with Crippen molar-refractivity contribution in [2.24, 2.45) is 0 Å². The van der Waals surface area contributed by atoms with Crippen LogP contribution in [0.5, 0.6) is 5.75 Å². The van der Waals surface area contributed by atoms with Crippen LogP contribution in [0.15, 0.2) is 53.4 Å². The van der Waals surface area contributed by atoms with Crippen molar-refractivity contribution in [3.63, 3.8) is 0 Å². The number of hydrogen-bond donors (Lipinski definition) is 1. The number of rotatable bonds is 6. The van der Waals surface area contributed by atoms with Crippen LogP contribution in [0, 0.1) is 10.1 Å². The topological polar surface area (TPSA) is 119 Å². The molecule has 3 rings (SSSR count). The van der Waals surface area contributed by atoms with Gasteiger partial charge in [0.15, 0.2) is 0 Å². The van der Waals surface area contributed by atoms with Gasteiger partial charge >= 0.3 is 0 Å². The van der Waals surface area contributed by atoms with Crippen molar-refractivity contribution in [2.75, 3.05) is 18.6 Å². The molecule has 27 heavy (non-hydrogen) atoms. The van der Waals surface area contributed by atoms with Gasteiger partial charge in [-0.1, -0.05) is 6.07 Å². The highest BCUT2D eigenvalue weighted by Crippen LogP contribution is 2.26. The molecule has 2 aromatic rings. The monoisotopic (exact) mass is 391 g/mol. The first kappa shape index (κ1) is 18.8. The minimum Gasteiger partial charge on any atom is -0.497 e. The molecule has 9 nitrogen and oxygen atoms in total. The number of methoxy groups -OCH3 is 1. The van der Waals surface area contributed by atoms with E-state index < -0.39 is 21.0 Å². The first-order valence-corrected chi connectivity index (χ1v) is 9.49. The van der Waals surface area contributed by atoms with Crippen molar-refractivity contribution < 1.29 is 22.9 Å². The Morgan fingerprint density at radius 3 is 2.56 bits per heavy atom. The molecular formula is C17H17N3O6S. The lowest BCUT2D eigenvalue weighted by molar-refractivity contribution is -0.384. The second-order valence-corrected chi connectivity index (χ2v) is 7.69. The van der Waals surface area contributed by atoms with Crippen LogP contribution in [0.25, 0.3) is 0 Å². The lowest BCUT2D eigenvalue weighted by atomic mass is 10.3. The Hall–Kier alpha value is -2.98. The van der Waals surface area contributed by atoms with E-state index in [1.807, 2.05) is 0 Å².